The van der Waals surface area contributed by atoms with Gasteiger partial charge in [0.15, 0.2) is 5.13 Å². The average molecular weight is 557 g/mol. The molecule has 1 aliphatic rings. The molecule has 2 amide bonds. The van der Waals surface area contributed by atoms with Crippen LogP contribution < -0.4 is 10.1 Å². The Hall–Kier alpha value is -3.72. The molecule has 8 heteroatoms. The van der Waals surface area contributed by atoms with Crippen molar-refractivity contribution in [1.29, 1.82) is 0 Å². The largest absolute Gasteiger partial charge is 0.497 e. The van der Waals surface area contributed by atoms with Crippen LogP contribution in [0.5, 0.6) is 5.75 Å². The van der Waals surface area contributed by atoms with Gasteiger partial charge in [-0.05, 0) is 41.8 Å². The van der Waals surface area contributed by atoms with E-state index in [1.807, 2.05) is 46.7 Å². The fraction of sp³-hybridized carbons (Fsp3) is 0.312. The Morgan fingerprint density at radius 1 is 0.975 bits per heavy atom. The molecule has 4 aromatic rings. The van der Waals surface area contributed by atoms with Gasteiger partial charge in [0.05, 0.1) is 26.0 Å². The van der Waals surface area contributed by atoms with E-state index in [-0.39, 0.29) is 11.9 Å². The van der Waals surface area contributed by atoms with Gasteiger partial charge in [-0.3, -0.25) is 10.2 Å². The summed E-state index contributed by atoms with van der Waals surface area (Å²) >= 11 is 1.44. The van der Waals surface area contributed by atoms with Gasteiger partial charge in [-0.15, -0.1) is 11.3 Å². The first-order valence-electron chi connectivity index (χ1n) is 13.8. The van der Waals surface area contributed by atoms with Gasteiger partial charge in [0.1, 0.15) is 5.75 Å². The molecule has 5 rings (SSSR count). The van der Waals surface area contributed by atoms with Gasteiger partial charge in [-0.2, -0.15) is 0 Å². The van der Waals surface area contributed by atoms with Crippen molar-refractivity contribution >= 4 is 22.5 Å². The Labute approximate surface area is 240 Å². The van der Waals surface area contributed by atoms with Gasteiger partial charge in [0, 0.05) is 49.6 Å². The van der Waals surface area contributed by atoms with E-state index in [0.717, 1.165) is 56.3 Å². The number of nitrogens with zero attached hydrogens (tertiary/aromatic N) is 3. The second kappa shape index (κ2) is 14.1. The number of urea groups is 1. The summed E-state index contributed by atoms with van der Waals surface area (Å²) in [6, 6.07) is 28.8. The van der Waals surface area contributed by atoms with Crippen molar-refractivity contribution in [3.05, 3.63) is 101 Å². The van der Waals surface area contributed by atoms with Gasteiger partial charge in [-0.25, -0.2) is 9.78 Å². The molecule has 1 fully saturated rings. The monoisotopic (exact) mass is 556 g/mol. The highest BCUT2D eigenvalue weighted by atomic mass is 32.1. The number of hydrogen-bond acceptors (Lipinski definition) is 6. The van der Waals surface area contributed by atoms with Crippen molar-refractivity contribution in [3.63, 3.8) is 0 Å². The topological polar surface area (TPSA) is 66.9 Å². The van der Waals surface area contributed by atoms with E-state index in [0.29, 0.717) is 18.2 Å². The molecule has 0 aliphatic carbocycles. The lowest BCUT2D eigenvalue weighted by molar-refractivity contribution is 0.0351. The number of anilines is 1. The van der Waals surface area contributed by atoms with E-state index in [1.54, 1.807) is 7.11 Å². The van der Waals surface area contributed by atoms with Crippen molar-refractivity contribution in [2.75, 3.05) is 58.4 Å². The van der Waals surface area contributed by atoms with Crippen LogP contribution in [0.25, 0.3) is 11.3 Å². The minimum absolute atomic E-state index is 0.122. The van der Waals surface area contributed by atoms with Gasteiger partial charge in [-0.1, -0.05) is 60.7 Å². The van der Waals surface area contributed by atoms with Crippen LogP contribution in [0.4, 0.5) is 9.93 Å². The number of nitrogens with one attached hydrogen (secondary N) is 1. The van der Waals surface area contributed by atoms with Crippen LogP contribution in [0.1, 0.15) is 23.5 Å². The summed E-state index contributed by atoms with van der Waals surface area (Å²) in [6.45, 7) is 5.34. The van der Waals surface area contributed by atoms with Crippen molar-refractivity contribution in [1.82, 2.24) is 14.8 Å². The Morgan fingerprint density at radius 3 is 2.25 bits per heavy atom. The average Bonchev–Trinajstić information content (AvgIpc) is 3.48. The number of rotatable bonds is 11. The smallest absolute Gasteiger partial charge is 0.323 e. The van der Waals surface area contributed by atoms with E-state index in [9.17, 15) is 4.79 Å². The third-order valence-electron chi connectivity index (χ3n) is 7.27. The molecule has 7 nitrogen and oxygen atoms in total. The van der Waals surface area contributed by atoms with Gasteiger partial charge >= 0.3 is 6.03 Å². The Kier molecular flexibility index (Phi) is 9.79. The van der Waals surface area contributed by atoms with Crippen LogP contribution in [0.15, 0.2) is 90.3 Å². The summed E-state index contributed by atoms with van der Waals surface area (Å²) in [5.74, 6) is 0.996. The molecule has 0 atom stereocenters. The molecule has 0 bridgehead atoms. The normalized spacial score (nSPS) is 13.8. The Balaban J connectivity index is 1.30. The standard InChI is InChI=1S/C32H36N4O3S/c1-38-28-14-12-27(13-15-28)30-24-40-31(33-30)34-32(37)36(19-18-35-20-22-39-23-21-35)17-16-29(25-8-4-2-5-9-25)26-10-6-3-7-11-26/h2-15,24,29H,16-23H2,1H3,(H,33,34,37). The lowest BCUT2D eigenvalue weighted by Crippen LogP contribution is -2.44. The summed E-state index contributed by atoms with van der Waals surface area (Å²) in [6.07, 6.45) is 0.819. The lowest BCUT2D eigenvalue weighted by atomic mass is 9.88. The van der Waals surface area contributed by atoms with Gasteiger partial charge in [0.25, 0.3) is 0 Å². The lowest BCUT2D eigenvalue weighted by Gasteiger charge is -2.31. The predicted octanol–water partition coefficient (Wildman–Crippen LogP) is 6.21. The zero-order valence-corrected chi connectivity index (χ0v) is 23.7. The first-order chi connectivity index (χ1) is 19.7. The second-order valence-electron chi connectivity index (χ2n) is 9.80. The molecule has 1 saturated heterocycles. The Morgan fingerprint density at radius 2 is 1.62 bits per heavy atom. The van der Waals surface area contributed by atoms with Crippen LogP contribution in [0, 0.1) is 0 Å². The summed E-state index contributed by atoms with van der Waals surface area (Å²) in [7, 11) is 1.65. The van der Waals surface area contributed by atoms with E-state index >= 15 is 0 Å². The minimum atomic E-state index is -0.122. The molecule has 0 saturated carbocycles. The number of benzene rings is 3. The molecular formula is C32H36N4O3S. The molecule has 40 heavy (non-hydrogen) atoms. The first kappa shape index (κ1) is 27.8. The summed E-state index contributed by atoms with van der Waals surface area (Å²) in [4.78, 5) is 22.6. The molecule has 0 unspecified atom stereocenters. The van der Waals surface area contributed by atoms with Crippen molar-refractivity contribution in [2.45, 2.75) is 12.3 Å². The van der Waals surface area contributed by atoms with Gasteiger partial charge < -0.3 is 14.4 Å². The molecule has 1 aromatic heterocycles. The maximum Gasteiger partial charge on any atom is 0.323 e. The van der Waals surface area contributed by atoms with Crippen LogP contribution >= 0.6 is 11.3 Å². The molecule has 2 heterocycles. The van der Waals surface area contributed by atoms with Crippen molar-refractivity contribution in [2.24, 2.45) is 0 Å². The van der Waals surface area contributed by atoms with Gasteiger partial charge in [0.2, 0.25) is 0 Å². The molecular weight excluding hydrogens is 520 g/mol. The Bertz CT molecular complexity index is 1290. The number of methoxy groups -OCH3 is 1. The quantitative estimate of drug-likeness (QED) is 0.238. The van der Waals surface area contributed by atoms with E-state index in [1.165, 1.54) is 22.5 Å². The number of thiazole rings is 1. The van der Waals surface area contributed by atoms with E-state index < -0.39 is 0 Å². The minimum Gasteiger partial charge on any atom is -0.497 e. The summed E-state index contributed by atoms with van der Waals surface area (Å²) in [5, 5.41) is 5.63. The molecule has 1 N–H and O–H groups in total. The number of ether oxygens (including phenoxy) is 2. The van der Waals surface area contributed by atoms with Crippen LogP contribution in [0.2, 0.25) is 0 Å². The number of aromatic nitrogens is 1. The fourth-order valence-corrected chi connectivity index (χ4v) is 5.69. The number of carbonyl (C=O) groups excluding carboxylic acids is 1. The predicted molar refractivity (Wildman–Crippen MR) is 161 cm³/mol. The maximum absolute atomic E-state index is 13.6. The molecule has 1 aliphatic heterocycles. The maximum atomic E-state index is 13.6. The highest BCUT2D eigenvalue weighted by Crippen LogP contribution is 2.29. The zero-order chi connectivity index (χ0) is 27.6. The number of carbonyl (C=O) groups is 1. The second-order valence-corrected chi connectivity index (χ2v) is 10.7. The first-order valence-corrected chi connectivity index (χ1v) is 14.6. The molecule has 0 spiro atoms. The third kappa shape index (κ3) is 7.47. The molecule has 3 aromatic carbocycles. The fourth-order valence-electron chi connectivity index (χ4n) is 4.98. The highest BCUT2D eigenvalue weighted by molar-refractivity contribution is 7.14. The summed E-state index contributed by atoms with van der Waals surface area (Å²) in [5.41, 5.74) is 4.32. The van der Waals surface area contributed by atoms with Crippen LogP contribution in [0.3, 0.4) is 0 Å². The third-order valence-corrected chi connectivity index (χ3v) is 8.03. The molecule has 208 valence electrons. The van der Waals surface area contributed by atoms with Crippen LogP contribution in [-0.2, 0) is 4.74 Å². The van der Waals surface area contributed by atoms with Crippen LogP contribution in [-0.4, -0.2) is 73.9 Å². The van der Waals surface area contributed by atoms with Crippen molar-refractivity contribution in [3.8, 4) is 17.0 Å². The number of hydrogen-bond donors (Lipinski definition) is 1. The number of morpholine rings is 1. The molecule has 0 radical (unpaired) electrons. The van der Waals surface area contributed by atoms with E-state index in [2.05, 4.69) is 58.7 Å². The highest BCUT2D eigenvalue weighted by Gasteiger charge is 2.21. The van der Waals surface area contributed by atoms with E-state index in [4.69, 9.17) is 14.5 Å². The zero-order valence-electron chi connectivity index (χ0n) is 22.9. The van der Waals surface area contributed by atoms with Crippen molar-refractivity contribution < 1.29 is 14.3 Å². The number of amides is 2. The summed E-state index contributed by atoms with van der Waals surface area (Å²) < 4.78 is 10.8. The SMILES string of the molecule is COc1ccc(-c2csc(NC(=O)N(CCC(c3ccccc3)c3ccccc3)CCN3CCOCC3)n2)cc1.